The molecule has 0 aliphatic heterocycles. The lowest BCUT2D eigenvalue weighted by atomic mass is 9.98. The van der Waals surface area contributed by atoms with Gasteiger partial charge in [-0.1, -0.05) is 78.9 Å². The summed E-state index contributed by atoms with van der Waals surface area (Å²) in [4.78, 5) is 38.9. The molecule has 36 heavy (non-hydrogen) atoms. The Morgan fingerprint density at radius 3 is 2.08 bits per heavy atom. The Labute approximate surface area is 210 Å². The monoisotopic (exact) mass is 486 g/mol. The van der Waals surface area contributed by atoms with E-state index in [1.807, 2.05) is 73.7 Å². The van der Waals surface area contributed by atoms with E-state index in [4.69, 9.17) is 4.74 Å². The van der Waals surface area contributed by atoms with Crippen molar-refractivity contribution in [3.63, 3.8) is 0 Å². The molecular weight excluding hydrogens is 456 g/mol. The average molecular weight is 487 g/mol. The fraction of sp³-hybridized carbons (Fsp3) is 0.276. The molecule has 0 spiro atoms. The zero-order valence-corrected chi connectivity index (χ0v) is 20.2. The fourth-order valence-corrected chi connectivity index (χ4v) is 4.68. The van der Waals surface area contributed by atoms with Gasteiger partial charge in [0.15, 0.2) is 0 Å². The number of alkyl carbamates (subject to hydrolysis) is 1. The smallest absolute Gasteiger partial charge is 0.407 e. The van der Waals surface area contributed by atoms with Gasteiger partial charge in [0.2, 0.25) is 5.91 Å². The van der Waals surface area contributed by atoms with Crippen molar-refractivity contribution in [1.82, 2.24) is 10.2 Å². The summed E-state index contributed by atoms with van der Waals surface area (Å²) in [5.74, 6) is -1.48. The van der Waals surface area contributed by atoms with Crippen LogP contribution < -0.4 is 5.32 Å². The van der Waals surface area contributed by atoms with Gasteiger partial charge in [0, 0.05) is 25.4 Å². The Hall–Kier alpha value is -4.13. The first-order valence-corrected chi connectivity index (χ1v) is 12.1. The van der Waals surface area contributed by atoms with E-state index in [9.17, 15) is 19.5 Å². The standard InChI is InChI=1S/C29H30N2O5/c1-2-31(18-20-10-4-3-5-11-20)28(34)26(16-17-27(32)33)30-29(35)36-19-25-23-14-8-6-12-21(23)22-13-7-9-15-24(22)25/h3-15,25-26H,2,16-19H2,1H3,(H,30,35)(H,32,33). The quantitative estimate of drug-likeness (QED) is 0.429. The molecule has 0 radical (unpaired) electrons. The molecule has 186 valence electrons. The second kappa shape index (κ2) is 11.5. The molecule has 7 heteroatoms. The molecule has 0 saturated carbocycles. The number of carboxylic acids is 1. The van der Waals surface area contributed by atoms with Gasteiger partial charge >= 0.3 is 12.1 Å². The number of benzene rings is 3. The SMILES string of the molecule is CCN(Cc1ccccc1)C(=O)C(CCC(=O)O)NC(=O)OCC1c2ccccc2-c2ccccc21. The third kappa shape index (κ3) is 5.74. The van der Waals surface area contributed by atoms with Gasteiger partial charge in [-0.25, -0.2) is 4.79 Å². The maximum Gasteiger partial charge on any atom is 0.407 e. The maximum absolute atomic E-state index is 13.3. The largest absolute Gasteiger partial charge is 0.481 e. The number of amides is 2. The van der Waals surface area contributed by atoms with Gasteiger partial charge in [-0.2, -0.15) is 0 Å². The number of carbonyl (C=O) groups excluding carboxylic acids is 2. The highest BCUT2D eigenvalue weighted by molar-refractivity contribution is 5.86. The van der Waals surface area contributed by atoms with Gasteiger partial charge < -0.3 is 20.1 Å². The minimum absolute atomic E-state index is 0.0242. The van der Waals surface area contributed by atoms with E-state index in [1.165, 1.54) is 0 Å². The molecule has 0 bridgehead atoms. The van der Waals surface area contributed by atoms with Crippen molar-refractivity contribution in [1.29, 1.82) is 0 Å². The fourth-order valence-electron chi connectivity index (χ4n) is 4.68. The van der Waals surface area contributed by atoms with Crippen LogP contribution in [0.5, 0.6) is 0 Å². The molecule has 1 aliphatic rings. The lowest BCUT2D eigenvalue weighted by molar-refractivity contribution is -0.138. The summed E-state index contributed by atoms with van der Waals surface area (Å²) in [6.45, 7) is 2.75. The molecule has 0 heterocycles. The molecule has 0 fully saturated rings. The van der Waals surface area contributed by atoms with Crippen molar-refractivity contribution in [2.24, 2.45) is 0 Å². The Morgan fingerprint density at radius 2 is 1.50 bits per heavy atom. The predicted molar refractivity (Wildman–Crippen MR) is 136 cm³/mol. The number of hydrogen-bond acceptors (Lipinski definition) is 4. The molecule has 0 saturated heterocycles. The van der Waals surface area contributed by atoms with Crippen LogP contribution in [-0.2, 0) is 20.9 Å². The number of carbonyl (C=O) groups is 3. The van der Waals surface area contributed by atoms with E-state index in [0.717, 1.165) is 27.8 Å². The molecular formula is C29H30N2O5. The highest BCUT2D eigenvalue weighted by Gasteiger charge is 2.30. The van der Waals surface area contributed by atoms with Crippen molar-refractivity contribution >= 4 is 18.0 Å². The Bertz CT molecular complexity index is 1180. The van der Waals surface area contributed by atoms with Crippen molar-refractivity contribution in [2.45, 2.75) is 38.3 Å². The number of carboxylic acid groups (broad SMARTS) is 1. The number of nitrogens with one attached hydrogen (secondary N) is 1. The Morgan fingerprint density at radius 1 is 0.917 bits per heavy atom. The normalized spacial score (nSPS) is 12.8. The number of nitrogens with zero attached hydrogens (tertiary/aromatic N) is 1. The zero-order valence-electron chi connectivity index (χ0n) is 20.2. The lowest BCUT2D eigenvalue weighted by Gasteiger charge is -2.27. The van der Waals surface area contributed by atoms with E-state index < -0.39 is 18.1 Å². The van der Waals surface area contributed by atoms with Crippen LogP contribution in [0.2, 0.25) is 0 Å². The van der Waals surface area contributed by atoms with Crippen LogP contribution in [0.1, 0.15) is 42.4 Å². The summed E-state index contributed by atoms with van der Waals surface area (Å²) in [5.41, 5.74) is 5.37. The molecule has 2 amide bonds. The summed E-state index contributed by atoms with van der Waals surface area (Å²) >= 11 is 0. The average Bonchev–Trinajstić information content (AvgIpc) is 3.22. The van der Waals surface area contributed by atoms with Crippen LogP contribution in [-0.4, -0.2) is 47.2 Å². The van der Waals surface area contributed by atoms with Gasteiger partial charge in [0.25, 0.3) is 0 Å². The van der Waals surface area contributed by atoms with E-state index in [2.05, 4.69) is 17.4 Å². The summed E-state index contributed by atoms with van der Waals surface area (Å²) in [5, 5.41) is 11.8. The van der Waals surface area contributed by atoms with Crippen molar-refractivity contribution < 1.29 is 24.2 Å². The molecule has 4 rings (SSSR count). The lowest BCUT2D eigenvalue weighted by Crippen LogP contribution is -2.48. The predicted octanol–water partition coefficient (Wildman–Crippen LogP) is 4.81. The van der Waals surface area contributed by atoms with Crippen LogP contribution in [0, 0.1) is 0 Å². The number of ether oxygens (including phenoxy) is 1. The number of fused-ring (bicyclic) bond motifs is 3. The molecule has 1 atom stereocenters. The minimum atomic E-state index is -1.03. The summed E-state index contributed by atoms with van der Waals surface area (Å²) < 4.78 is 5.59. The van der Waals surface area contributed by atoms with Crippen molar-refractivity contribution in [3.8, 4) is 11.1 Å². The molecule has 1 unspecified atom stereocenters. The number of rotatable bonds is 10. The minimum Gasteiger partial charge on any atom is -0.481 e. The van der Waals surface area contributed by atoms with Crippen molar-refractivity contribution in [3.05, 3.63) is 95.6 Å². The third-order valence-electron chi connectivity index (χ3n) is 6.49. The van der Waals surface area contributed by atoms with Gasteiger partial charge in [0.1, 0.15) is 12.6 Å². The summed E-state index contributed by atoms with van der Waals surface area (Å²) in [6.07, 6.45) is -1.01. The van der Waals surface area contributed by atoms with E-state index in [-0.39, 0.29) is 31.3 Å². The van der Waals surface area contributed by atoms with E-state index >= 15 is 0 Å². The maximum atomic E-state index is 13.3. The first-order valence-electron chi connectivity index (χ1n) is 12.1. The Kier molecular flexibility index (Phi) is 8.00. The van der Waals surface area contributed by atoms with Crippen LogP contribution in [0.15, 0.2) is 78.9 Å². The zero-order chi connectivity index (χ0) is 25.5. The number of aliphatic carboxylic acids is 1. The van der Waals surface area contributed by atoms with Gasteiger partial charge in [-0.05, 0) is 41.2 Å². The Balaban J connectivity index is 1.44. The number of likely N-dealkylation sites (N-methyl/N-ethyl adjacent to an activating group) is 1. The van der Waals surface area contributed by atoms with Gasteiger partial charge in [0.05, 0.1) is 0 Å². The molecule has 3 aromatic carbocycles. The second-order valence-electron chi connectivity index (χ2n) is 8.79. The van der Waals surface area contributed by atoms with Crippen molar-refractivity contribution in [2.75, 3.05) is 13.2 Å². The molecule has 2 N–H and O–H groups in total. The van der Waals surface area contributed by atoms with E-state index in [0.29, 0.717) is 13.1 Å². The molecule has 7 nitrogen and oxygen atoms in total. The van der Waals surface area contributed by atoms with Gasteiger partial charge in [-0.15, -0.1) is 0 Å². The van der Waals surface area contributed by atoms with Crippen LogP contribution in [0.25, 0.3) is 11.1 Å². The first kappa shape index (κ1) is 25.0. The van der Waals surface area contributed by atoms with Crippen LogP contribution >= 0.6 is 0 Å². The molecule has 0 aromatic heterocycles. The van der Waals surface area contributed by atoms with Crippen LogP contribution in [0.3, 0.4) is 0 Å². The molecule has 1 aliphatic carbocycles. The second-order valence-corrected chi connectivity index (χ2v) is 8.79. The van der Waals surface area contributed by atoms with Crippen LogP contribution in [0.4, 0.5) is 4.79 Å². The first-order chi connectivity index (χ1) is 17.5. The topological polar surface area (TPSA) is 95.9 Å². The summed E-state index contributed by atoms with van der Waals surface area (Å²) in [7, 11) is 0. The van der Waals surface area contributed by atoms with Gasteiger partial charge in [-0.3, -0.25) is 9.59 Å². The summed E-state index contributed by atoms with van der Waals surface area (Å²) in [6, 6.07) is 24.6. The highest BCUT2D eigenvalue weighted by atomic mass is 16.5. The molecule has 3 aromatic rings. The highest BCUT2D eigenvalue weighted by Crippen LogP contribution is 2.44. The number of hydrogen-bond donors (Lipinski definition) is 2. The third-order valence-corrected chi connectivity index (χ3v) is 6.49. The van der Waals surface area contributed by atoms with E-state index in [1.54, 1.807) is 4.90 Å².